The smallest absolute Gasteiger partial charge is 0.335 e. The zero-order chi connectivity index (χ0) is 50.9. The van der Waals surface area contributed by atoms with Gasteiger partial charge in [-0.05, 0) is 146 Å². The maximum atomic E-state index is 16.7. The van der Waals surface area contributed by atoms with Crippen molar-refractivity contribution in [3.8, 4) is 22.3 Å². The summed E-state index contributed by atoms with van der Waals surface area (Å²) in [7, 11) is 0. The zero-order valence-electron chi connectivity index (χ0n) is 39.9. The van der Waals surface area contributed by atoms with E-state index in [2.05, 4.69) is 36.6 Å². The average Bonchev–Trinajstić information content (AvgIpc) is 4.23. The van der Waals surface area contributed by atoms with Crippen LogP contribution in [-0.4, -0.2) is 68.7 Å². The van der Waals surface area contributed by atoms with Crippen LogP contribution in [-0.2, 0) is 12.8 Å². The van der Waals surface area contributed by atoms with Crippen molar-refractivity contribution in [2.45, 2.75) is 98.2 Å². The maximum Gasteiger partial charge on any atom is 0.335 e. The molecule has 8 rings (SSSR count). The number of rotatable bonds is 17. The van der Waals surface area contributed by atoms with Gasteiger partial charge in [0.1, 0.15) is 11.6 Å². The van der Waals surface area contributed by atoms with E-state index in [-0.39, 0.29) is 102 Å². The van der Waals surface area contributed by atoms with Gasteiger partial charge < -0.3 is 21.1 Å². The molecule has 0 spiro atoms. The van der Waals surface area contributed by atoms with Gasteiger partial charge in [-0.25, -0.2) is 23.5 Å². The molecule has 2 aliphatic carbocycles. The molecule has 2 aromatic heterocycles. The van der Waals surface area contributed by atoms with Gasteiger partial charge in [-0.15, -0.1) is 22.7 Å². The standard InChI is InChI=1S/C53H53F2N7O7S2/c1-26(17-35-25-57-52(71-35)62-49(67)42-20-30(50(68)69)8-14-36(42)38-21-31(23-43(54)27(38)2)46(64)59-33-9-10-33)18-40-39(22-32(24-44(40)55)47(65)60-34-11-12-34)37-13-7-29(45(63)58-28(3)53(4,5)6)19-41(37)48(66)61-51-56-15-16-70-51/h7-8,13-16,19-26,28,33-34H,9-12,17-18H2,1-6H3,(H,58,63)(H,59,64)(H,60,65)(H,68,69)(H,56,61,66)(H,57,62,67)/t26-,28?/m0/s1. The number of anilines is 2. The average molecular weight is 1000 g/mol. The Bertz CT molecular complexity index is 3090. The number of carbonyl (C=O) groups excluding carboxylic acids is 5. The number of benzene rings is 4. The SMILES string of the molecule is Cc1c(F)cc(C(=O)NC2CC2)cc1-c1ccc(C(=O)O)cc1C(=O)Nc1ncc(C[C@H](C)Cc2c(F)cc(C(=O)NC3CC3)cc2-c2ccc(C(=O)NC(C)C(C)(C)C)cc2C(=O)Nc2nccs2)s1. The van der Waals surface area contributed by atoms with E-state index in [1.165, 1.54) is 60.9 Å². The summed E-state index contributed by atoms with van der Waals surface area (Å²) in [4.78, 5) is 89.6. The van der Waals surface area contributed by atoms with E-state index in [4.69, 9.17) is 0 Å². The van der Waals surface area contributed by atoms with Crippen molar-refractivity contribution in [3.05, 3.63) is 139 Å². The third kappa shape index (κ3) is 12.1. The first-order valence-corrected chi connectivity index (χ1v) is 25.0. The summed E-state index contributed by atoms with van der Waals surface area (Å²) in [5.74, 6) is -5.52. The van der Waals surface area contributed by atoms with Gasteiger partial charge in [0.05, 0.1) is 5.56 Å². The molecule has 4 aromatic carbocycles. The number of thiazole rings is 2. The second-order valence-corrected chi connectivity index (χ2v) is 21.4. The summed E-state index contributed by atoms with van der Waals surface area (Å²) >= 11 is 2.36. The zero-order valence-corrected chi connectivity index (χ0v) is 41.6. The first-order valence-electron chi connectivity index (χ1n) is 23.3. The Morgan fingerprint density at radius 3 is 1.82 bits per heavy atom. The van der Waals surface area contributed by atoms with E-state index in [1.807, 2.05) is 34.6 Å². The van der Waals surface area contributed by atoms with Gasteiger partial charge in [0.2, 0.25) is 0 Å². The Morgan fingerprint density at radius 1 is 0.676 bits per heavy atom. The summed E-state index contributed by atoms with van der Waals surface area (Å²) in [6.45, 7) is 11.3. The van der Waals surface area contributed by atoms with Gasteiger partial charge in [-0.2, -0.15) is 0 Å². The van der Waals surface area contributed by atoms with Gasteiger partial charge in [-0.1, -0.05) is 39.8 Å². The van der Waals surface area contributed by atoms with Crippen LogP contribution in [0.3, 0.4) is 0 Å². The van der Waals surface area contributed by atoms with E-state index in [1.54, 1.807) is 29.8 Å². The maximum absolute atomic E-state index is 16.7. The van der Waals surface area contributed by atoms with E-state index >= 15 is 8.78 Å². The molecular weight excluding hydrogens is 949 g/mol. The molecule has 14 nitrogen and oxygen atoms in total. The summed E-state index contributed by atoms with van der Waals surface area (Å²) in [5, 5.41) is 26.4. The fraction of sp³-hybridized carbons (Fsp3) is 0.321. The number of carboxylic acids is 1. The monoisotopic (exact) mass is 1000 g/mol. The Morgan fingerprint density at radius 2 is 1.24 bits per heavy atom. The lowest BCUT2D eigenvalue weighted by Crippen LogP contribution is -2.41. The van der Waals surface area contributed by atoms with Crippen LogP contribution in [0.4, 0.5) is 19.0 Å². The summed E-state index contributed by atoms with van der Waals surface area (Å²) in [6.07, 6.45) is 6.87. The fourth-order valence-electron chi connectivity index (χ4n) is 7.84. The van der Waals surface area contributed by atoms with Gasteiger partial charge in [0.15, 0.2) is 10.3 Å². The van der Waals surface area contributed by atoms with E-state index in [9.17, 15) is 33.9 Å². The molecule has 2 aliphatic rings. The van der Waals surface area contributed by atoms with Crippen LogP contribution >= 0.6 is 22.7 Å². The predicted molar refractivity (Wildman–Crippen MR) is 269 cm³/mol. The molecular formula is C53H53F2N7O7S2. The van der Waals surface area contributed by atoms with Crippen molar-refractivity contribution in [1.82, 2.24) is 25.9 Å². The number of nitrogens with one attached hydrogen (secondary N) is 5. The van der Waals surface area contributed by atoms with Crippen LogP contribution in [0.15, 0.2) is 78.4 Å². The van der Waals surface area contributed by atoms with Crippen molar-refractivity contribution in [3.63, 3.8) is 0 Å². The Balaban J connectivity index is 1.08. The third-order valence-electron chi connectivity index (χ3n) is 12.7. The molecule has 0 saturated heterocycles. The molecule has 2 fully saturated rings. The summed E-state index contributed by atoms with van der Waals surface area (Å²) < 4.78 is 32.1. The van der Waals surface area contributed by atoms with Crippen LogP contribution < -0.4 is 26.6 Å². The molecule has 1 unspecified atom stereocenters. The highest BCUT2D eigenvalue weighted by Crippen LogP contribution is 2.36. The first kappa shape index (κ1) is 50.2. The first-order chi connectivity index (χ1) is 33.7. The highest BCUT2D eigenvalue weighted by Gasteiger charge is 2.30. The number of halogens is 2. The molecule has 0 aliphatic heterocycles. The van der Waals surface area contributed by atoms with Gasteiger partial charge >= 0.3 is 5.97 Å². The van der Waals surface area contributed by atoms with Crippen LogP contribution in [0.25, 0.3) is 22.3 Å². The Hall–Kier alpha value is -7.18. The van der Waals surface area contributed by atoms with Crippen molar-refractivity contribution >= 4 is 68.4 Å². The normalized spacial score (nSPS) is 14.3. The molecule has 368 valence electrons. The van der Waals surface area contributed by atoms with E-state index in [0.29, 0.717) is 22.0 Å². The third-order valence-corrected chi connectivity index (χ3v) is 14.3. The van der Waals surface area contributed by atoms with Crippen LogP contribution in [0.2, 0.25) is 0 Å². The largest absolute Gasteiger partial charge is 0.478 e. The lowest BCUT2D eigenvalue weighted by Gasteiger charge is -2.28. The molecule has 6 aromatic rings. The lowest BCUT2D eigenvalue weighted by atomic mass is 9.86. The number of aromatic nitrogens is 2. The topological polar surface area (TPSA) is 209 Å². The number of hydrogen-bond acceptors (Lipinski definition) is 10. The number of amides is 5. The van der Waals surface area contributed by atoms with Crippen molar-refractivity contribution in [2.75, 3.05) is 10.6 Å². The summed E-state index contributed by atoms with van der Waals surface area (Å²) in [5.41, 5.74) is 1.30. The molecule has 71 heavy (non-hydrogen) atoms. The minimum Gasteiger partial charge on any atom is -0.478 e. The molecule has 0 bridgehead atoms. The highest BCUT2D eigenvalue weighted by atomic mass is 32.1. The second kappa shape index (κ2) is 20.7. The second-order valence-electron chi connectivity index (χ2n) is 19.4. The molecule has 2 atom stereocenters. The quantitative estimate of drug-likeness (QED) is 0.0513. The van der Waals surface area contributed by atoms with Crippen LogP contribution in [0, 0.1) is 29.9 Å². The van der Waals surface area contributed by atoms with Crippen LogP contribution in [0.5, 0.6) is 0 Å². The molecule has 0 radical (unpaired) electrons. The number of carboxylic acid groups (broad SMARTS) is 1. The molecule has 2 heterocycles. The van der Waals surface area contributed by atoms with Gasteiger partial charge in [-0.3, -0.25) is 34.6 Å². The van der Waals surface area contributed by atoms with Crippen molar-refractivity contribution in [2.24, 2.45) is 11.3 Å². The van der Waals surface area contributed by atoms with Crippen molar-refractivity contribution in [1.29, 1.82) is 0 Å². The predicted octanol–water partition coefficient (Wildman–Crippen LogP) is 10.1. The lowest BCUT2D eigenvalue weighted by molar-refractivity contribution is 0.0695. The molecule has 2 saturated carbocycles. The Labute approximate surface area is 417 Å². The number of nitrogens with zero attached hydrogens (tertiary/aromatic N) is 2. The minimum atomic E-state index is -1.28. The van der Waals surface area contributed by atoms with Crippen molar-refractivity contribution < 1.29 is 42.7 Å². The fourth-order valence-corrected chi connectivity index (χ4v) is 9.34. The molecule has 18 heteroatoms. The Kier molecular flexibility index (Phi) is 14.6. The van der Waals surface area contributed by atoms with Crippen LogP contribution in [0.1, 0.15) is 138 Å². The number of hydrogen-bond donors (Lipinski definition) is 6. The number of carbonyl (C=O) groups is 6. The summed E-state index contributed by atoms with van der Waals surface area (Å²) in [6, 6.07) is 13.7. The van der Waals surface area contributed by atoms with Gasteiger partial charge in [0, 0.05) is 68.6 Å². The van der Waals surface area contributed by atoms with E-state index in [0.717, 1.165) is 43.1 Å². The minimum absolute atomic E-state index is 0.00971. The van der Waals surface area contributed by atoms with Gasteiger partial charge in [0.25, 0.3) is 29.5 Å². The highest BCUT2D eigenvalue weighted by molar-refractivity contribution is 7.15. The number of aromatic carboxylic acids is 1. The van der Waals surface area contributed by atoms with E-state index < -0.39 is 47.1 Å². The molecule has 6 N–H and O–H groups in total. The molecule has 5 amide bonds.